The van der Waals surface area contributed by atoms with Crippen molar-refractivity contribution in [2.45, 2.75) is 57.2 Å². The average Bonchev–Trinajstić information content (AvgIpc) is 3.85. The largest absolute Gasteiger partial charge is 0.457 e. The molecule has 62 heavy (non-hydrogen) atoms. The van der Waals surface area contributed by atoms with Crippen molar-refractivity contribution < 1.29 is 23.9 Å². The van der Waals surface area contributed by atoms with Gasteiger partial charge in [-0.3, -0.25) is 19.7 Å². The zero-order valence-corrected chi connectivity index (χ0v) is 34.7. The maximum atomic E-state index is 13.7. The number of nitrogens with one attached hydrogen (secondary N) is 1. The number of para-hydroxylation sites is 1. The second-order valence-corrected chi connectivity index (χ2v) is 17.2. The summed E-state index contributed by atoms with van der Waals surface area (Å²) in [6, 6.07) is 23.1. The van der Waals surface area contributed by atoms with Crippen LogP contribution in [0.25, 0.3) is 22.3 Å². The molecule has 0 radical (unpaired) electrons. The molecular weight excluding hydrogens is 787 g/mol. The van der Waals surface area contributed by atoms with Gasteiger partial charge in [-0.2, -0.15) is 5.10 Å². The number of piperazine rings is 1. The molecule has 0 aliphatic carbocycles. The van der Waals surface area contributed by atoms with Crippen molar-refractivity contribution in [2.24, 2.45) is 5.92 Å². The third-order valence-corrected chi connectivity index (χ3v) is 13.3. The Hall–Kier alpha value is -6.55. The zero-order chi connectivity index (χ0) is 42.3. The number of rotatable bonds is 8. The number of anilines is 2. The standard InChI is InChI=1S/C46H51N11O5/c47-42-40-41(31-8-11-36(12-9-31)62-35-6-2-1-3-7-35)51-57(43(40)49-29-48-42)34-5-4-18-52(28-34)26-30-16-19-54(20-17-30)46(61)55-23-21-53(22-24-55)33-10-13-37-32(25-33)27-56(45(37)60)38-14-15-39(58)50-44(38)59/h1-3,6-13,25,29-30,34,38H,4-5,14-24,26-28H2,(H2,47,48,49)(H,50,58,59)/t34-,38?/m1/s1. The van der Waals surface area contributed by atoms with E-state index in [9.17, 15) is 19.2 Å². The van der Waals surface area contributed by atoms with Gasteiger partial charge in [0.2, 0.25) is 11.8 Å². The fourth-order valence-corrected chi connectivity index (χ4v) is 9.94. The number of hydrogen-bond acceptors (Lipinski definition) is 11. The van der Waals surface area contributed by atoms with Gasteiger partial charge in [0.25, 0.3) is 5.91 Å². The Balaban J connectivity index is 0.717. The Bertz CT molecular complexity index is 2500. The lowest BCUT2D eigenvalue weighted by Gasteiger charge is -2.41. The molecule has 10 rings (SSSR count). The molecular formula is C46H51N11O5. The predicted molar refractivity (Wildman–Crippen MR) is 232 cm³/mol. The average molecular weight is 838 g/mol. The van der Waals surface area contributed by atoms with Crippen LogP contribution in [0.1, 0.15) is 60.5 Å². The number of fused-ring (bicyclic) bond motifs is 2. The van der Waals surface area contributed by atoms with Gasteiger partial charge in [-0.1, -0.05) is 18.2 Å². The van der Waals surface area contributed by atoms with Crippen LogP contribution in [-0.2, 0) is 16.1 Å². The number of nitrogens with two attached hydrogens (primary N) is 1. The van der Waals surface area contributed by atoms with Crippen LogP contribution in [0, 0.1) is 5.92 Å². The highest BCUT2D eigenvalue weighted by molar-refractivity contribution is 6.05. The van der Waals surface area contributed by atoms with Crippen molar-refractivity contribution in [3.05, 3.63) is 90.3 Å². The molecule has 3 N–H and O–H groups in total. The Morgan fingerprint density at radius 2 is 1.58 bits per heavy atom. The van der Waals surface area contributed by atoms with Crippen LogP contribution < -0.4 is 20.7 Å². The summed E-state index contributed by atoms with van der Waals surface area (Å²) in [6.07, 6.45) is 6.08. The van der Waals surface area contributed by atoms with Gasteiger partial charge in [-0.15, -0.1) is 0 Å². The summed E-state index contributed by atoms with van der Waals surface area (Å²) in [5.74, 6) is 1.56. The van der Waals surface area contributed by atoms with Crippen LogP contribution in [0.5, 0.6) is 11.5 Å². The SMILES string of the molecule is Nc1ncnc2c1c(-c1ccc(Oc3ccccc3)cc1)nn2[C@@H]1CCCN(CC2CCN(C(=O)N3CCN(c4ccc5c(c4)CN(C4CCC(=O)NC4=O)C5=O)CC3)CC2)C1. The minimum absolute atomic E-state index is 0.113. The van der Waals surface area contributed by atoms with Crippen molar-refractivity contribution in [3.8, 4) is 22.8 Å². The molecule has 5 amide bonds. The van der Waals surface area contributed by atoms with Crippen LogP contribution >= 0.6 is 0 Å². The normalized spacial score (nSPS) is 21.4. The van der Waals surface area contributed by atoms with Crippen molar-refractivity contribution in [2.75, 3.05) is 69.5 Å². The maximum absolute atomic E-state index is 13.7. The molecule has 16 nitrogen and oxygen atoms in total. The number of piperidine rings is 3. The molecule has 4 saturated heterocycles. The van der Waals surface area contributed by atoms with Crippen molar-refractivity contribution in [1.29, 1.82) is 0 Å². The molecule has 5 aliphatic rings. The molecule has 7 heterocycles. The molecule has 4 fully saturated rings. The van der Waals surface area contributed by atoms with Crippen molar-refractivity contribution in [3.63, 3.8) is 0 Å². The second-order valence-electron chi connectivity index (χ2n) is 17.2. The van der Waals surface area contributed by atoms with E-state index in [-0.39, 0.29) is 30.3 Å². The lowest BCUT2D eigenvalue weighted by Crippen LogP contribution is -2.54. The van der Waals surface area contributed by atoms with E-state index in [1.165, 1.54) is 6.33 Å². The molecule has 5 aromatic rings. The first kappa shape index (κ1) is 39.6. The summed E-state index contributed by atoms with van der Waals surface area (Å²) < 4.78 is 8.09. The monoisotopic (exact) mass is 837 g/mol. The van der Waals surface area contributed by atoms with Crippen molar-refractivity contribution >= 4 is 46.3 Å². The number of carbonyl (C=O) groups is 4. The number of imide groups is 1. The van der Waals surface area contributed by atoms with Gasteiger partial charge in [0.15, 0.2) is 5.65 Å². The smallest absolute Gasteiger partial charge is 0.320 e. The summed E-state index contributed by atoms with van der Waals surface area (Å²) in [5.41, 5.74) is 11.4. The summed E-state index contributed by atoms with van der Waals surface area (Å²) in [5, 5.41) is 8.28. The summed E-state index contributed by atoms with van der Waals surface area (Å²) in [4.78, 5) is 70.5. The number of nitrogen functional groups attached to an aromatic ring is 1. The van der Waals surface area contributed by atoms with Crippen LogP contribution in [0.15, 0.2) is 79.1 Å². The molecule has 16 heteroatoms. The lowest BCUT2D eigenvalue weighted by molar-refractivity contribution is -0.136. The maximum Gasteiger partial charge on any atom is 0.320 e. The molecule has 0 bridgehead atoms. The Morgan fingerprint density at radius 1 is 0.823 bits per heavy atom. The van der Waals surface area contributed by atoms with E-state index in [4.69, 9.17) is 15.6 Å². The highest BCUT2D eigenvalue weighted by Crippen LogP contribution is 2.36. The number of urea groups is 1. The number of likely N-dealkylation sites (tertiary alicyclic amines) is 2. The molecule has 320 valence electrons. The fourth-order valence-electron chi connectivity index (χ4n) is 9.94. The van der Waals surface area contributed by atoms with Crippen LogP contribution in [0.2, 0.25) is 0 Å². The van der Waals surface area contributed by atoms with E-state index < -0.39 is 11.9 Å². The molecule has 0 saturated carbocycles. The van der Waals surface area contributed by atoms with E-state index in [0.29, 0.717) is 56.4 Å². The van der Waals surface area contributed by atoms with Crippen molar-refractivity contribution in [1.82, 2.24) is 44.7 Å². The van der Waals surface area contributed by atoms with E-state index in [0.717, 1.165) is 103 Å². The number of hydrogen-bond donors (Lipinski definition) is 2. The first-order valence-electron chi connectivity index (χ1n) is 21.9. The summed E-state index contributed by atoms with van der Waals surface area (Å²) in [7, 11) is 0. The van der Waals surface area contributed by atoms with Gasteiger partial charge < -0.3 is 35.0 Å². The van der Waals surface area contributed by atoms with Gasteiger partial charge in [-0.05, 0) is 105 Å². The zero-order valence-electron chi connectivity index (χ0n) is 34.7. The molecule has 0 spiro atoms. The second kappa shape index (κ2) is 16.7. The number of nitrogens with zero attached hydrogens (tertiary/aromatic N) is 9. The number of ether oxygens (including phenoxy) is 1. The van der Waals surface area contributed by atoms with Gasteiger partial charge in [0.1, 0.15) is 35.4 Å². The topological polar surface area (TPSA) is 175 Å². The van der Waals surface area contributed by atoms with Gasteiger partial charge >= 0.3 is 6.03 Å². The van der Waals surface area contributed by atoms with Gasteiger partial charge in [0, 0.05) is 82.1 Å². The summed E-state index contributed by atoms with van der Waals surface area (Å²) in [6.45, 7) is 7.38. The number of amides is 5. The van der Waals surface area contributed by atoms with Crippen LogP contribution in [0.4, 0.5) is 16.3 Å². The van der Waals surface area contributed by atoms with Crippen LogP contribution in [-0.4, -0.2) is 128 Å². The number of carbonyl (C=O) groups excluding carboxylic acids is 4. The molecule has 3 aromatic carbocycles. The highest BCUT2D eigenvalue weighted by Gasteiger charge is 2.40. The van der Waals surface area contributed by atoms with E-state index in [1.807, 2.05) is 82.6 Å². The first-order valence-corrected chi connectivity index (χ1v) is 21.9. The molecule has 5 aliphatic heterocycles. The fraction of sp³-hybridized carbons (Fsp3) is 0.413. The number of benzene rings is 3. The Kier molecular flexibility index (Phi) is 10.7. The van der Waals surface area contributed by atoms with E-state index >= 15 is 0 Å². The molecule has 1 unspecified atom stereocenters. The summed E-state index contributed by atoms with van der Waals surface area (Å²) >= 11 is 0. The highest BCUT2D eigenvalue weighted by atomic mass is 16.5. The minimum atomic E-state index is -0.634. The van der Waals surface area contributed by atoms with Gasteiger partial charge in [0.05, 0.1) is 11.4 Å². The van der Waals surface area contributed by atoms with Crippen LogP contribution in [0.3, 0.4) is 0 Å². The number of aromatic nitrogens is 4. The Morgan fingerprint density at radius 3 is 2.35 bits per heavy atom. The third kappa shape index (κ3) is 7.78. The lowest BCUT2D eigenvalue weighted by atomic mass is 9.95. The van der Waals surface area contributed by atoms with Gasteiger partial charge in [-0.25, -0.2) is 19.4 Å². The first-order chi connectivity index (χ1) is 30.3. The molecule has 2 atom stereocenters. The van der Waals surface area contributed by atoms with E-state index in [1.54, 1.807) is 4.90 Å². The third-order valence-electron chi connectivity index (χ3n) is 13.3. The van der Waals surface area contributed by atoms with E-state index in [2.05, 4.69) is 29.8 Å². The minimum Gasteiger partial charge on any atom is -0.457 e. The quantitative estimate of drug-likeness (QED) is 0.203. The molecule has 2 aromatic heterocycles. The Labute approximate surface area is 359 Å². The predicted octanol–water partition coefficient (Wildman–Crippen LogP) is 4.92.